The summed E-state index contributed by atoms with van der Waals surface area (Å²) in [6.45, 7) is 0.711. The first-order chi connectivity index (χ1) is 10.0. The van der Waals surface area contributed by atoms with Gasteiger partial charge in [-0.25, -0.2) is 14.3 Å². The smallest absolute Gasteiger partial charge is 0.358 e. The van der Waals surface area contributed by atoms with E-state index in [-0.39, 0.29) is 37.5 Å². The SMILES string of the molecule is COCCc1c(C(=O)O)nnn1CC(=O)N1CCNC1=O. The van der Waals surface area contributed by atoms with E-state index in [0.717, 1.165) is 4.90 Å². The van der Waals surface area contributed by atoms with Crippen molar-refractivity contribution in [2.24, 2.45) is 0 Å². The Bertz CT molecular complexity index is 569. The molecule has 1 aromatic heterocycles. The Labute approximate surface area is 119 Å². The quantitative estimate of drug-likeness (QED) is 0.669. The highest BCUT2D eigenvalue weighted by atomic mass is 16.5. The Balaban J connectivity index is 2.17. The summed E-state index contributed by atoms with van der Waals surface area (Å²) in [5.41, 5.74) is 0.0722. The van der Waals surface area contributed by atoms with Gasteiger partial charge in [-0.3, -0.25) is 9.69 Å². The number of aromatic nitrogens is 3. The Morgan fingerprint density at radius 3 is 2.81 bits per heavy atom. The average Bonchev–Trinajstić information content (AvgIpc) is 3.02. The first-order valence-corrected chi connectivity index (χ1v) is 6.27. The monoisotopic (exact) mass is 297 g/mol. The summed E-state index contributed by atoms with van der Waals surface area (Å²) in [4.78, 5) is 35.6. The fraction of sp³-hybridized carbons (Fsp3) is 0.545. The molecule has 0 spiro atoms. The van der Waals surface area contributed by atoms with Gasteiger partial charge < -0.3 is 15.2 Å². The summed E-state index contributed by atoms with van der Waals surface area (Å²) in [6.07, 6.45) is 0.255. The molecule has 0 aliphatic carbocycles. The van der Waals surface area contributed by atoms with Crippen LogP contribution in [0, 0.1) is 0 Å². The normalized spacial score (nSPS) is 14.3. The van der Waals surface area contributed by atoms with Gasteiger partial charge >= 0.3 is 12.0 Å². The van der Waals surface area contributed by atoms with Crippen LogP contribution in [-0.2, 0) is 22.5 Å². The summed E-state index contributed by atoms with van der Waals surface area (Å²) in [7, 11) is 1.48. The van der Waals surface area contributed by atoms with E-state index < -0.39 is 17.9 Å². The highest BCUT2D eigenvalue weighted by Gasteiger charge is 2.28. The minimum absolute atomic E-state index is 0.217. The molecule has 1 aliphatic heterocycles. The first-order valence-electron chi connectivity index (χ1n) is 6.27. The van der Waals surface area contributed by atoms with Crippen LogP contribution in [0.15, 0.2) is 0 Å². The number of aromatic carboxylic acids is 1. The lowest BCUT2D eigenvalue weighted by atomic mass is 10.2. The van der Waals surface area contributed by atoms with Crippen LogP contribution >= 0.6 is 0 Å². The van der Waals surface area contributed by atoms with Crippen LogP contribution < -0.4 is 5.32 Å². The van der Waals surface area contributed by atoms with Crippen molar-refractivity contribution in [3.63, 3.8) is 0 Å². The number of nitrogens with zero attached hydrogens (tertiary/aromatic N) is 4. The predicted molar refractivity (Wildman–Crippen MR) is 67.7 cm³/mol. The lowest BCUT2D eigenvalue weighted by Gasteiger charge is -2.13. The number of imide groups is 1. The molecule has 10 nitrogen and oxygen atoms in total. The van der Waals surface area contributed by atoms with Crippen molar-refractivity contribution in [1.29, 1.82) is 0 Å². The lowest BCUT2D eigenvalue weighted by Crippen LogP contribution is -2.37. The van der Waals surface area contributed by atoms with E-state index in [4.69, 9.17) is 9.84 Å². The van der Waals surface area contributed by atoms with Crippen LogP contribution in [-0.4, -0.2) is 69.7 Å². The molecular formula is C11H15N5O5. The molecule has 1 aliphatic rings. The standard InChI is InChI=1S/C11H15N5O5/c1-21-5-2-7-9(10(18)19)13-14-16(7)6-8(17)15-4-3-12-11(15)20/h2-6H2,1H3,(H,12,20)(H,18,19). The fourth-order valence-corrected chi connectivity index (χ4v) is 2.00. The Kier molecular flexibility index (Phi) is 4.48. The van der Waals surface area contributed by atoms with Gasteiger partial charge in [-0.05, 0) is 0 Å². The van der Waals surface area contributed by atoms with Gasteiger partial charge in [0.05, 0.1) is 12.3 Å². The number of hydrogen-bond donors (Lipinski definition) is 2. The summed E-state index contributed by atoms with van der Waals surface area (Å²) < 4.78 is 6.10. The van der Waals surface area contributed by atoms with E-state index in [2.05, 4.69) is 15.6 Å². The van der Waals surface area contributed by atoms with E-state index in [1.165, 1.54) is 11.8 Å². The number of ether oxygens (including phenoxy) is 1. The van der Waals surface area contributed by atoms with Gasteiger partial charge in [0.2, 0.25) is 0 Å². The van der Waals surface area contributed by atoms with Crippen LogP contribution in [0.1, 0.15) is 16.2 Å². The van der Waals surface area contributed by atoms with Gasteiger partial charge in [-0.1, -0.05) is 5.21 Å². The highest BCUT2D eigenvalue weighted by molar-refractivity contribution is 5.95. The van der Waals surface area contributed by atoms with Gasteiger partial charge in [-0.2, -0.15) is 0 Å². The Morgan fingerprint density at radius 1 is 1.48 bits per heavy atom. The fourth-order valence-electron chi connectivity index (χ4n) is 2.00. The van der Waals surface area contributed by atoms with Crippen LogP contribution in [0.5, 0.6) is 0 Å². The van der Waals surface area contributed by atoms with Crippen LogP contribution in [0.4, 0.5) is 4.79 Å². The third-order valence-corrected chi connectivity index (χ3v) is 3.03. The topological polar surface area (TPSA) is 127 Å². The number of rotatable bonds is 6. The van der Waals surface area contributed by atoms with Crippen molar-refractivity contribution in [3.05, 3.63) is 11.4 Å². The zero-order valence-electron chi connectivity index (χ0n) is 11.4. The highest BCUT2D eigenvalue weighted by Crippen LogP contribution is 2.08. The van der Waals surface area contributed by atoms with Crippen molar-refractivity contribution in [3.8, 4) is 0 Å². The van der Waals surface area contributed by atoms with E-state index in [9.17, 15) is 14.4 Å². The largest absolute Gasteiger partial charge is 0.476 e. The number of nitrogens with one attached hydrogen (secondary N) is 1. The summed E-state index contributed by atoms with van der Waals surface area (Å²) in [5, 5.41) is 18.8. The maximum absolute atomic E-state index is 12.0. The third kappa shape index (κ3) is 3.16. The summed E-state index contributed by atoms with van der Waals surface area (Å²) in [5.74, 6) is -1.69. The van der Waals surface area contributed by atoms with E-state index in [1.54, 1.807) is 0 Å². The first kappa shape index (κ1) is 14.9. The maximum atomic E-state index is 12.0. The van der Waals surface area contributed by atoms with Crippen molar-refractivity contribution in [1.82, 2.24) is 25.2 Å². The molecule has 1 fully saturated rings. The minimum atomic E-state index is -1.22. The van der Waals surface area contributed by atoms with Gasteiger partial charge in [0, 0.05) is 26.6 Å². The number of carbonyl (C=O) groups excluding carboxylic acids is 2. The number of urea groups is 1. The number of carbonyl (C=O) groups is 3. The molecule has 10 heteroatoms. The molecular weight excluding hydrogens is 282 g/mol. The molecule has 114 valence electrons. The molecule has 0 aromatic carbocycles. The zero-order valence-corrected chi connectivity index (χ0v) is 11.4. The van der Waals surface area contributed by atoms with Gasteiger partial charge in [-0.15, -0.1) is 5.10 Å². The maximum Gasteiger partial charge on any atom is 0.358 e. The number of carboxylic acid groups (broad SMARTS) is 1. The molecule has 0 atom stereocenters. The number of amides is 3. The minimum Gasteiger partial charge on any atom is -0.476 e. The molecule has 0 bridgehead atoms. The molecule has 2 rings (SSSR count). The number of hydrogen-bond acceptors (Lipinski definition) is 6. The third-order valence-electron chi connectivity index (χ3n) is 3.03. The van der Waals surface area contributed by atoms with Crippen molar-refractivity contribution in [2.45, 2.75) is 13.0 Å². The average molecular weight is 297 g/mol. The number of carboxylic acids is 1. The van der Waals surface area contributed by atoms with Crippen molar-refractivity contribution in [2.75, 3.05) is 26.8 Å². The second-order valence-corrected chi connectivity index (χ2v) is 4.37. The molecule has 0 saturated carbocycles. The Hall–Kier alpha value is -2.49. The molecule has 0 unspecified atom stereocenters. The molecule has 2 N–H and O–H groups in total. The van der Waals surface area contributed by atoms with E-state index in [1.807, 2.05) is 0 Å². The van der Waals surface area contributed by atoms with Gasteiger partial charge in [0.1, 0.15) is 6.54 Å². The van der Waals surface area contributed by atoms with Gasteiger partial charge in [0.15, 0.2) is 5.69 Å². The molecule has 1 aromatic rings. The summed E-state index contributed by atoms with van der Waals surface area (Å²) in [6, 6.07) is -0.461. The lowest BCUT2D eigenvalue weighted by molar-refractivity contribution is -0.128. The van der Waals surface area contributed by atoms with Crippen LogP contribution in [0.2, 0.25) is 0 Å². The van der Waals surface area contributed by atoms with Crippen molar-refractivity contribution >= 4 is 17.9 Å². The molecule has 1 saturated heterocycles. The summed E-state index contributed by atoms with van der Waals surface area (Å²) >= 11 is 0. The molecule has 3 amide bonds. The van der Waals surface area contributed by atoms with E-state index in [0.29, 0.717) is 6.54 Å². The molecule has 21 heavy (non-hydrogen) atoms. The molecule has 2 heterocycles. The van der Waals surface area contributed by atoms with Crippen LogP contribution in [0.25, 0.3) is 0 Å². The Morgan fingerprint density at radius 2 is 2.24 bits per heavy atom. The van der Waals surface area contributed by atoms with Gasteiger partial charge in [0.25, 0.3) is 5.91 Å². The van der Waals surface area contributed by atoms with Crippen LogP contribution in [0.3, 0.4) is 0 Å². The second kappa shape index (κ2) is 6.31. The molecule has 0 radical (unpaired) electrons. The second-order valence-electron chi connectivity index (χ2n) is 4.37. The predicted octanol–water partition coefficient (Wildman–Crippen LogP) is -1.28. The zero-order chi connectivity index (χ0) is 15.4. The van der Waals surface area contributed by atoms with Crippen molar-refractivity contribution < 1.29 is 24.2 Å². The number of methoxy groups -OCH3 is 1. The van der Waals surface area contributed by atoms with E-state index >= 15 is 0 Å².